The molecule has 218 valence electrons. The van der Waals surface area contributed by atoms with Crippen LogP contribution in [-0.4, -0.2) is 79.3 Å². The van der Waals surface area contributed by atoms with E-state index in [0.29, 0.717) is 22.8 Å². The summed E-state index contributed by atoms with van der Waals surface area (Å²) in [6.45, 7) is 7.51. The molecule has 1 saturated heterocycles. The van der Waals surface area contributed by atoms with Crippen LogP contribution in [0.5, 0.6) is 5.75 Å². The third kappa shape index (κ3) is 6.27. The lowest BCUT2D eigenvalue weighted by atomic mass is 9.96. The van der Waals surface area contributed by atoms with Crippen LogP contribution in [0.4, 0.5) is 5.82 Å². The van der Waals surface area contributed by atoms with Crippen LogP contribution >= 0.6 is 7.75 Å². The van der Waals surface area contributed by atoms with Crippen molar-refractivity contribution < 1.29 is 38.1 Å². The lowest BCUT2D eigenvalue weighted by Gasteiger charge is -2.27. The van der Waals surface area contributed by atoms with E-state index in [1.54, 1.807) is 58.2 Å². The van der Waals surface area contributed by atoms with E-state index >= 15 is 0 Å². The summed E-state index contributed by atoms with van der Waals surface area (Å²) in [7, 11) is -2.52. The zero-order valence-electron chi connectivity index (χ0n) is 23.1. The van der Waals surface area contributed by atoms with Crippen LogP contribution < -0.4 is 14.9 Å². The maximum atomic E-state index is 13.8. The van der Waals surface area contributed by atoms with Gasteiger partial charge in [-0.05, 0) is 46.8 Å². The Labute approximate surface area is 231 Å². The Morgan fingerprint density at radius 3 is 2.60 bits per heavy atom. The summed E-state index contributed by atoms with van der Waals surface area (Å²) in [6, 6.07) is 7.22. The first-order valence-corrected chi connectivity index (χ1v) is 14.3. The molecular formula is C25H35N6O8P. The lowest BCUT2D eigenvalue weighted by molar-refractivity contribution is -0.149. The molecule has 1 aliphatic rings. The molecule has 1 fully saturated rings. The Hall–Kier alpha value is -3.13. The number of aromatic nitrogens is 4. The first kappa shape index (κ1) is 29.8. The standard InChI is InChI=1S/C25H35N6O8P/c1-14(2)37-23(33)15(3)30-40(35,39-17-10-8-7-9-11-17)36-12-18-20(32)25(5,34)24(38-18)31-13-27-19-21(26-6)28-16(4)29-22(19)31/h7-11,13-15,18,20,24,32,34H,12H2,1-6H3,(H,30,35)(H,26,28,29)/t15-,18+,20+,24+,25+,40-/m0/s1. The van der Waals surface area contributed by atoms with E-state index in [0.717, 1.165) is 0 Å². The number of hydrogen-bond donors (Lipinski definition) is 4. The fraction of sp³-hybridized carbons (Fsp3) is 0.520. The number of carbonyl (C=O) groups excluding carboxylic acids is 1. The van der Waals surface area contributed by atoms with Crippen LogP contribution in [0.25, 0.3) is 11.2 Å². The topological polar surface area (TPSA) is 179 Å². The van der Waals surface area contributed by atoms with E-state index in [4.69, 9.17) is 18.5 Å². The second-order valence-corrected chi connectivity index (χ2v) is 11.6. The normalized spacial score (nSPS) is 25.1. The smallest absolute Gasteiger partial charge is 0.459 e. The molecule has 0 bridgehead atoms. The zero-order valence-corrected chi connectivity index (χ0v) is 24.0. The highest BCUT2D eigenvalue weighted by Gasteiger charge is 2.54. The number of nitrogens with zero attached hydrogens (tertiary/aromatic N) is 4. The third-order valence-corrected chi connectivity index (χ3v) is 7.86. The third-order valence-electron chi connectivity index (χ3n) is 6.21. The Bertz CT molecular complexity index is 1380. The van der Waals surface area contributed by atoms with Gasteiger partial charge in [0, 0.05) is 7.05 Å². The van der Waals surface area contributed by atoms with Crippen LogP contribution in [0, 0.1) is 6.92 Å². The van der Waals surface area contributed by atoms with Crippen molar-refractivity contribution in [1.29, 1.82) is 0 Å². The van der Waals surface area contributed by atoms with Crippen LogP contribution in [-0.2, 0) is 23.4 Å². The first-order chi connectivity index (χ1) is 18.8. The zero-order chi connectivity index (χ0) is 29.2. The van der Waals surface area contributed by atoms with Gasteiger partial charge in [0.1, 0.15) is 35.4 Å². The van der Waals surface area contributed by atoms with Crippen molar-refractivity contribution in [2.75, 3.05) is 19.0 Å². The van der Waals surface area contributed by atoms with E-state index in [2.05, 4.69) is 25.4 Å². The summed E-state index contributed by atoms with van der Waals surface area (Å²) in [6.07, 6.45) is -2.68. The molecule has 3 heterocycles. The monoisotopic (exact) mass is 578 g/mol. The highest BCUT2D eigenvalue weighted by molar-refractivity contribution is 7.52. The number of aliphatic hydroxyl groups excluding tert-OH is 1. The number of imidazole rings is 1. The molecule has 4 rings (SSSR count). The summed E-state index contributed by atoms with van der Waals surface area (Å²) < 4.78 is 37.8. The minimum Gasteiger partial charge on any atom is -0.462 e. The fourth-order valence-corrected chi connectivity index (χ4v) is 5.76. The molecule has 3 aromatic rings. The van der Waals surface area contributed by atoms with Gasteiger partial charge < -0.3 is 29.5 Å². The molecule has 15 heteroatoms. The predicted molar refractivity (Wildman–Crippen MR) is 145 cm³/mol. The Balaban J connectivity index is 1.56. The molecule has 0 unspecified atom stereocenters. The number of para-hydroxylation sites is 1. The summed E-state index contributed by atoms with van der Waals surface area (Å²) in [4.78, 5) is 25.5. The number of carbonyl (C=O) groups is 1. The summed E-state index contributed by atoms with van der Waals surface area (Å²) in [5.41, 5.74) is -0.978. The summed E-state index contributed by atoms with van der Waals surface area (Å²) in [5, 5.41) is 27.8. The second kappa shape index (κ2) is 11.8. The minimum atomic E-state index is -4.22. The van der Waals surface area contributed by atoms with Gasteiger partial charge in [0.15, 0.2) is 23.2 Å². The number of nitrogens with one attached hydrogen (secondary N) is 2. The van der Waals surface area contributed by atoms with Crippen LogP contribution in [0.2, 0.25) is 0 Å². The van der Waals surface area contributed by atoms with Gasteiger partial charge in [-0.1, -0.05) is 18.2 Å². The highest BCUT2D eigenvalue weighted by Crippen LogP contribution is 2.47. The Kier molecular flexibility index (Phi) is 8.78. The maximum absolute atomic E-state index is 13.8. The molecule has 1 aromatic carbocycles. The van der Waals surface area contributed by atoms with Gasteiger partial charge in [0.05, 0.1) is 19.0 Å². The fourth-order valence-electron chi connectivity index (χ4n) is 4.25. The van der Waals surface area contributed by atoms with Gasteiger partial charge in [0.2, 0.25) is 0 Å². The van der Waals surface area contributed by atoms with Crippen molar-refractivity contribution in [3.8, 4) is 5.75 Å². The minimum absolute atomic E-state index is 0.223. The van der Waals surface area contributed by atoms with Crippen LogP contribution in [0.3, 0.4) is 0 Å². The van der Waals surface area contributed by atoms with Crippen molar-refractivity contribution >= 4 is 30.7 Å². The molecule has 0 amide bonds. The van der Waals surface area contributed by atoms with E-state index in [9.17, 15) is 19.6 Å². The first-order valence-electron chi connectivity index (χ1n) is 12.8. The number of aryl methyl sites for hydroxylation is 1. The van der Waals surface area contributed by atoms with Gasteiger partial charge in [-0.2, -0.15) is 5.09 Å². The van der Waals surface area contributed by atoms with Gasteiger partial charge in [0.25, 0.3) is 0 Å². The molecule has 14 nitrogen and oxygen atoms in total. The molecule has 0 spiro atoms. The number of fused-ring (bicyclic) bond motifs is 1. The predicted octanol–water partition coefficient (Wildman–Crippen LogP) is 2.32. The summed E-state index contributed by atoms with van der Waals surface area (Å²) >= 11 is 0. The number of anilines is 1. The maximum Gasteiger partial charge on any atom is 0.459 e. The number of hydrogen-bond acceptors (Lipinski definition) is 12. The number of rotatable bonds is 11. The molecular weight excluding hydrogens is 543 g/mol. The molecule has 2 aromatic heterocycles. The van der Waals surface area contributed by atoms with Gasteiger partial charge >= 0.3 is 13.7 Å². The average molecular weight is 579 g/mol. The van der Waals surface area contributed by atoms with Crippen LogP contribution in [0.1, 0.15) is 39.7 Å². The SMILES string of the molecule is CNc1nc(C)nc2c1ncn2[C@@H]1O[C@H](CO[P@@](=O)(N[C@@H](C)C(=O)OC(C)C)Oc2ccccc2)[C@@H](O)[C@@]1(C)O. The Morgan fingerprint density at radius 1 is 1.25 bits per heavy atom. The second-order valence-electron chi connectivity index (χ2n) is 9.93. The van der Waals surface area contributed by atoms with E-state index in [-0.39, 0.29) is 11.9 Å². The van der Waals surface area contributed by atoms with E-state index in [1.165, 1.54) is 24.7 Å². The quantitative estimate of drug-likeness (QED) is 0.193. The van der Waals surface area contributed by atoms with Gasteiger partial charge in [-0.3, -0.25) is 13.9 Å². The van der Waals surface area contributed by atoms with Crippen molar-refractivity contribution in [3.63, 3.8) is 0 Å². The largest absolute Gasteiger partial charge is 0.462 e. The van der Waals surface area contributed by atoms with E-state index < -0.39 is 50.4 Å². The number of aliphatic hydroxyl groups is 2. The number of esters is 1. The number of ether oxygens (including phenoxy) is 2. The average Bonchev–Trinajstić information content (AvgIpc) is 3.40. The van der Waals surface area contributed by atoms with Crippen molar-refractivity contribution in [3.05, 3.63) is 42.5 Å². The highest BCUT2D eigenvalue weighted by atomic mass is 31.2. The van der Waals surface area contributed by atoms with Crippen LogP contribution in [0.15, 0.2) is 36.7 Å². The lowest BCUT2D eigenvalue weighted by Crippen LogP contribution is -2.44. The summed E-state index contributed by atoms with van der Waals surface area (Å²) in [5.74, 6) is 0.531. The van der Waals surface area contributed by atoms with Crippen molar-refractivity contribution in [2.24, 2.45) is 0 Å². The molecule has 4 N–H and O–H groups in total. The van der Waals surface area contributed by atoms with Gasteiger partial charge in [-0.25, -0.2) is 19.5 Å². The van der Waals surface area contributed by atoms with Crippen molar-refractivity contribution in [1.82, 2.24) is 24.6 Å². The van der Waals surface area contributed by atoms with Gasteiger partial charge in [-0.15, -0.1) is 0 Å². The van der Waals surface area contributed by atoms with Crippen molar-refractivity contribution in [2.45, 2.75) is 70.8 Å². The molecule has 0 radical (unpaired) electrons. The molecule has 0 saturated carbocycles. The molecule has 6 atom stereocenters. The Morgan fingerprint density at radius 2 is 1.95 bits per heavy atom. The number of benzene rings is 1. The molecule has 0 aliphatic carbocycles. The van der Waals surface area contributed by atoms with E-state index in [1.807, 2.05) is 0 Å². The molecule has 40 heavy (non-hydrogen) atoms. The molecule has 1 aliphatic heterocycles.